The maximum absolute atomic E-state index is 15.1. The maximum Gasteiger partial charge on any atom is 0.410 e. The van der Waals surface area contributed by atoms with Crippen LogP contribution in [0.25, 0.3) is 21.9 Å². The molecule has 1 aliphatic rings. The number of carbonyl (C=O) groups is 2. The van der Waals surface area contributed by atoms with Crippen LogP contribution >= 0.6 is 39.3 Å². The van der Waals surface area contributed by atoms with E-state index < -0.39 is 29.5 Å². The van der Waals surface area contributed by atoms with Crippen molar-refractivity contribution in [3.63, 3.8) is 0 Å². The van der Waals surface area contributed by atoms with Crippen LogP contribution in [0.4, 0.5) is 9.18 Å². The summed E-state index contributed by atoms with van der Waals surface area (Å²) >= 11 is 10.9. The molecule has 8 nitrogen and oxygen atoms in total. The molecular formula is C23H26BrClFN5O3S. The second kappa shape index (κ2) is 9.74. The van der Waals surface area contributed by atoms with Crippen molar-refractivity contribution in [1.29, 1.82) is 0 Å². The highest BCUT2D eigenvalue weighted by Crippen LogP contribution is 2.40. The SMILES string of the molecule is CSc1nc2c(F)c(Br)c(Cl)cc2c2c1ncn2[C@H]1CCN(C(=O)OC(C)(C)C)[C@H](CC(N)=O)C1. The minimum absolute atomic E-state index is 0.00808. The van der Waals surface area contributed by atoms with Crippen molar-refractivity contribution in [2.24, 2.45) is 5.73 Å². The van der Waals surface area contributed by atoms with Crippen LogP contribution in [-0.4, -0.2) is 55.9 Å². The van der Waals surface area contributed by atoms with Gasteiger partial charge in [-0.25, -0.2) is 19.2 Å². The Morgan fingerprint density at radius 2 is 2.09 bits per heavy atom. The second-order valence-electron chi connectivity index (χ2n) is 9.53. The average Bonchev–Trinajstić information content (AvgIpc) is 3.21. The van der Waals surface area contributed by atoms with Gasteiger partial charge in [0.05, 0.1) is 21.3 Å². The van der Waals surface area contributed by atoms with Crippen molar-refractivity contribution in [3.05, 3.63) is 27.7 Å². The number of amides is 2. The number of aromatic nitrogens is 3. The van der Waals surface area contributed by atoms with Gasteiger partial charge in [0.2, 0.25) is 5.91 Å². The van der Waals surface area contributed by atoms with Gasteiger partial charge >= 0.3 is 6.09 Å². The van der Waals surface area contributed by atoms with Gasteiger partial charge in [-0.1, -0.05) is 11.6 Å². The smallest absolute Gasteiger partial charge is 0.410 e. The van der Waals surface area contributed by atoms with Crippen molar-refractivity contribution in [3.8, 4) is 0 Å². The topological polar surface area (TPSA) is 103 Å². The molecule has 188 valence electrons. The zero-order chi connectivity index (χ0) is 25.7. The molecule has 3 aromatic rings. The first-order chi connectivity index (χ1) is 16.4. The normalized spacial score (nSPS) is 18.9. The molecule has 2 atom stereocenters. The molecule has 35 heavy (non-hydrogen) atoms. The lowest BCUT2D eigenvalue weighted by Crippen LogP contribution is -2.49. The molecule has 0 aliphatic carbocycles. The van der Waals surface area contributed by atoms with E-state index in [4.69, 9.17) is 22.1 Å². The number of nitrogens with two attached hydrogens (primary N) is 1. The number of primary amides is 1. The molecule has 2 aromatic heterocycles. The highest BCUT2D eigenvalue weighted by atomic mass is 79.9. The Morgan fingerprint density at radius 1 is 1.37 bits per heavy atom. The van der Waals surface area contributed by atoms with Crippen LogP contribution < -0.4 is 5.73 Å². The van der Waals surface area contributed by atoms with E-state index in [0.29, 0.717) is 40.8 Å². The molecule has 0 spiro atoms. The Bertz CT molecular complexity index is 1330. The highest BCUT2D eigenvalue weighted by molar-refractivity contribution is 9.10. The largest absolute Gasteiger partial charge is 0.444 e. The first-order valence-corrected chi connectivity index (χ1v) is 13.5. The summed E-state index contributed by atoms with van der Waals surface area (Å²) in [5.74, 6) is -1.04. The minimum atomic E-state index is -0.663. The summed E-state index contributed by atoms with van der Waals surface area (Å²) in [6.07, 6.45) is 4.14. The lowest BCUT2D eigenvalue weighted by atomic mass is 9.94. The van der Waals surface area contributed by atoms with Crippen LogP contribution in [0.3, 0.4) is 0 Å². The number of hydrogen-bond donors (Lipinski definition) is 1. The summed E-state index contributed by atoms with van der Waals surface area (Å²) in [5, 5.41) is 1.37. The van der Waals surface area contributed by atoms with E-state index in [9.17, 15) is 9.59 Å². The summed E-state index contributed by atoms with van der Waals surface area (Å²) in [6.45, 7) is 5.76. The molecule has 0 unspecified atom stereocenters. The third-order valence-corrected chi connectivity index (χ3v) is 7.91. The number of rotatable bonds is 4. The number of ether oxygens (including phenoxy) is 1. The Kier molecular flexibility index (Phi) is 7.23. The highest BCUT2D eigenvalue weighted by Gasteiger charge is 2.36. The van der Waals surface area contributed by atoms with Gasteiger partial charge in [0, 0.05) is 30.4 Å². The van der Waals surface area contributed by atoms with Gasteiger partial charge in [0.1, 0.15) is 21.7 Å². The van der Waals surface area contributed by atoms with Gasteiger partial charge in [-0.05, 0) is 61.9 Å². The molecule has 1 aromatic carbocycles. The maximum atomic E-state index is 15.1. The fourth-order valence-corrected chi connectivity index (χ4v) is 5.52. The number of benzene rings is 1. The van der Waals surface area contributed by atoms with Gasteiger partial charge in [0.15, 0.2) is 5.82 Å². The van der Waals surface area contributed by atoms with Crippen molar-refractivity contribution >= 4 is 73.2 Å². The fourth-order valence-electron chi connectivity index (χ4n) is 4.50. The first-order valence-electron chi connectivity index (χ1n) is 11.1. The standard InChI is InChI=1S/C23H26BrClFN5O3S/c1-23(2,3)34-22(33)30-6-5-11(7-12(30)8-15(27)32)31-10-28-19-20(31)13-9-14(25)16(24)17(26)18(13)29-21(19)35-4/h9-12H,5-8H2,1-4H3,(H2,27,32)/t11-,12-/m0/s1. The number of likely N-dealkylation sites (tertiary alicyclic amines) is 1. The number of fused-ring (bicyclic) bond motifs is 3. The van der Waals surface area contributed by atoms with Crippen LogP contribution in [0.1, 0.15) is 46.1 Å². The zero-order valence-electron chi connectivity index (χ0n) is 19.8. The number of hydrogen-bond acceptors (Lipinski definition) is 6. The van der Waals surface area contributed by atoms with Gasteiger partial charge in [-0.15, -0.1) is 11.8 Å². The summed E-state index contributed by atoms with van der Waals surface area (Å²) < 4.78 is 22.8. The van der Waals surface area contributed by atoms with E-state index in [1.54, 1.807) is 38.1 Å². The first kappa shape index (κ1) is 26.0. The molecule has 4 rings (SSSR count). The second-order valence-corrected chi connectivity index (χ2v) is 11.5. The van der Waals surface area contributed by atoms with Gasteiger partial charge in [-0.3, -0.25) is 4.79 Å². The molecule has 12 heteroatoms. The quantitative estimate of drug-likeness (QED) is 0.312. The molecule has 0 saturated carbocycles. The number of pyridine rings is 1. The summed E-state index contributed by atoms with van der Waals surface area (Å²) in [5.41, 5.74) is 6.40. The van der Waals surface area contributed by atoms with E-state index in [0.717, 1.165) is 0 Å². The predicted octanol–water partition coefficient (Wildman–Crippen LogP) is 5.68. The van der Waals surface area contributed by atoms with Crippen molar-refractivity contribution in [1.82, 2.24) is 19.4 Å². The van der Waals surface area contributed by atoms with Crippen LogP contribution in [0.2, 0.25) is 5.02 Å². The van der Waals surface area contributed by atoms with Gasteiger partial charge < -0.3 is 19.9 Å². The number of nitrogens with zero attached hydrogens (tertiary/aromatic N) is 4. The molecule has 1 aliphatic heterocycles. The molecular weight excluding hydrogens is 561 g/mol. The van der Waals surface area contributed by atoms with E-state index in [-0.39, 0.29) is 27.5 Å². The van der Waals surface area contributed by atoms with Crippen molar-refractivity contribution in [2.75, 3.05) is 12.8 Å². The number of thioether (sulfide) groups is 1. The molecule has 0 bridgehead atoms. The fraction of sp³-hybridized carbons (Fsp3) is 0.478. The van der Waals surface area contributed by atoms with E-state index >= 15 is 4.39 Å². The molecule has 0 radical (unpaired) electrons. The number of halogens is 3. The van der Waals surface area contributed by atoms with Gasteiger partial charge in [0.25, 0.3) is 0 Å². The predicted molar refractivity (Wildman–Crippen MR) is 138 cm³/mol. The Labute approximate surface area is 219 Å². The van der Waals surface area contributed by atoms with Crippen LogP contribution in [0, 0.1) is 5.82 Å². The average molecular weight is 587 g/mol. The third kappa shape index (κ3) is 5.08. The Hall–Kier alpha value is -2.11. The molecule has 1 saturated heterocycles. The Morgan fingerprint density at radius 3 is 2.71 bits per heavy atom. The molecule has 3 heterocycles. The number of carbonyl (C=O) groups excluding carboxylic acids is 2. The zero-order valence-corrected chi connectivity index (χ0v) is 22.9. The number of piperidine rings is 1. The summed E-state index contributed by atoms with van der Waals surface area (Å²) in [7, 11) is 0. The van der Waals surface area contributed by atoms with E-state index in [1.807, 2.05) is 10.8 Å². The molecule has 2 N–H and O–H groups in total. The van der Waals surface area contributed by atoms with Crippen LogP contribution in [0.5, 0.6) is 0 Å². The lowest BCUT2D eigenvalue weighted by Gasteiger charge is -2.40. The number of imidazole rings is 1. The minimum Gasteiger partial charge on any atom is -0.444 e. The Balaban J connectivity index is 1.79. The summed E-state index contributed by atoms with van der Waals surface area (Å²) in [6, 6.07) is 1.12. The molecule has 2 amide bonds. The molecule has 1 fully saturated rings. The third-order valence-electron chi connectivity index (χ3n) is 5.94. The van der Waals surface area contributed by atoms with E-state index in [1.165, 1.54) is 11.8 Å². The summed E-state index contributed by atoms with van der Waals surface area (Å²) in [4.78, 5) is 35.3. The van der Waals surface area contributed by atoms with Crippen molar-refractivity contribution in [2.45, 2.75) is 62.7 Å². The van der Waals surface area contributed by atoms with E-state index in [2.05, 4.69) is 25.9 Å². The monoisotopic (exact) mass is 585 g/mol. The van der Waals surface area contributed by atoms with Crippen LogP contribution in [-0.2, 0) is 9.53 Å². The van der Waals surface area contributed by atoms with Crippen molar-refractivity contribution < 1.29 is 18.7 Å². The van der Waals surface area contributed by atoms with Gasteiger partial charge in [-0.2, -0.15) is 0 Å². The van der Waals surface area contributed by atoms with Crippen LogP contribution in [0.15, 0.2) is 21.9 Å². The lowest BCUT2D eigenvalue weighted by molar-refractivity contribution is -0.119.